The van der Waals surface area contributed by atoms with Crippen molar-refractivity contribution in [1.82, 2.24) is 5.32 Å². The van der Waals surface area contributed by atoms with Crippen molar-refractivity contribution in [3.63, 3.8) is 0 Å². The van der Waals surface area contributed by atoms with Gasteiger partial charge in [-0.3, -0.25) is 4.79 Å². The fraction of sp³-hybridized carbons (Fsp3) is 0.462. The molecule has 3 rings (SSSR count). The molecule has 0 radical (unpaired) electrons. The molecule has 3 atom stereocenters. The van der Waals surface area contributed by atoms with Crippen molar-refractivity contribution >= 4 is 5.91 Å². The molecule has 3 heteroatoms. The fourth-order valence-corrected chi connectivity index (χ4v) is 2.73. The molecule has 0 unspecified atom stereocenters. The molecule has 0 aliphatic carbocycles. The number of benzene rings is 1. The number of piperidine rings is 1. The number of ether oxygens (including phenoxy) is 1. The predicted molar refractivity (Wildman–Crippen MR) is 59.8 cm³/mol. The van der Waals surface area contributed by atoms with Gasteiger partial charge in [-0.1, -0.05) is 30.3 Å². The molecule has 1 aromatic rings. The quantitative estimate of drug-likeness (QED) is 0.775. The summed E-state index contributed by atoms with van der Waals surface area (Å²) in [5.74, 6) is 0.145. The van der Waals surface area contributed by atoms with Crippen LogP contribution in [-0.4, -0.2) is 18.1 Å². The summed E-state index contributed by atoms with van der Waals surface area (Å²) < 4.78 is 5.95. The molecule has 1 aromatic carbocycles. The monoisotopic (exact) mass is 217 g/mol. The van der Waals surface area contributed by atoms with E-state index in [-0.39, 0.29) is 23.7 Å². The Kier molecular flexibility index (Phi) is 2.04. The fourth-order valence-electron chi connectivity index (χ4n) is 2.73. The highest BCUT2D eigenvalue weighted by atomic mass is 16.5. The van der Waals surface area contributed by atoms with Gasteiger partial charge in [0.2, 0.25) is 5.91 Å². The van der Waals surface area contributed by atoms with Crippen molar-refractivity contribution in [3.05, 3.63) is 35.9 Å². The smallest absolute Gasteiger partial charge is 0.220 e. The maximum atomic E-state index is 11.4. The molecule has 0 spiro atoms. The van der Waals surface area contributed by atoms with Crippen LogP contribution < -0.4 is 5.32 Å². The van der Waals surface area contributed by atoms with Crippen molar-refractivity contribution in [2.45, 2.75) is 37.5 Å². The molecule has 2 heterocycles. The second-order valence-electron chi connectivity index (χ2n) is 4.71. The molecule has 2 aliphatic heterocycles. The van der Waals surface area contributed by atoms with Gasteiger partial charge in [0.25, 0.3) is 0 Å². The second-order valence-corrected chi connectivity index (χ2v) is 4.71. The van der Waals surface area contributed by atoms with E-state index >= 15 is 0 Å². The summed E-state index contributed by atoms with van der Waals surface area (Å²) in [7, 11) is 0. The van der Waals surface area contributed by atoms with E-state index in [1.165, 1.54) is 0 Å². The number of nitrogens with one attached hydrogen (secondary N) is 1. The van der Waals surface area contributed by atoms with Gasteiger partial charge in [0.15, 0.2) is 0 Å². The van der Waals surface area contributed by atoms with Crippen LogP contribution in [0.1, 0.15) is 25.3 Å². The van der Waals surface area contributed by atoms with Crippen molar-refractivity contribution in [3.8, 4) is 0 Å². The largest absolute Gasteiger partial charge is 0.363 e. The van der Waals surface area contributed by atoms with E-state index in [1.54, 1.807) is 0 Å². The van der Waals surface area contributed by atoms with E-state index in [9.17, 15) is 4.79 Å². The summed E-state index contributed by atoms with van der Waals surface area (Å²) in [6.45, 7) is 2.05. The topological polar surface area (TPSA) is 38.3 Å². The van der Waals surface area contributed by atoms with Gasteiger partial charge in [-0.15, -0.1) is 0 Å². The van der Waals surface area contributed by atoms with Gasteiger partial charge in [-0.2, -0.15) is 0 Å². The van der Waals surface area contributed by atoms with E-state index < -0.39 is 0 Å². The lowest BCUT2D eigenvalue weighted by Gasteiger charge is -2.55. The molecule has 1 N–H and O–H groups in total. The average Bonchev–Trinajstić information content (AvgIpc) is 2.31. The number of fused-ring (bicyclic) bond motifs is 1. The third kappa shape index (κ3) is 1.28. The van der Waals surface area contributed by atoms with Gasteiger partial charge in [0.1, 0.15) is 5.60 Å². The molecule has 0 bridgehead atoms. The van der Waals surface area contributed by atoms with Crippen LogP contribution in [0.3, 0.4) is 0 Å². The zero-order valence-electron chi connectivity index (χ0n) is 9.27. The van der Waals surface area contributed by atoms with E-state index in [1.807, 2.05) is 18.2 Å². The highest BCUT2D eigenvalue weighted by molar-refractivity contribution is 5.77. The molecule has 16 heavy (non-hydrogen) atoms. The van der Waals surface area contributed by atoms with Crippen LogP contribution in [0.4, 0.5) is 0 Å². The van der Waals surface area contributed by atoms with Crippen LogP contribution in [0.2, 0.25) is 0 Å². The summed E-state index contributed by atoms with van der Waals surface area (Å²) in [6.07, 6.45) is 1.63. The van der Waals surface area contributed by atoms with Gasteiger partial charge < -0.3 is 10.1 Å². The summed E-state index contributed by atoms with van der Waals surface area (Å²) in [6, 6.07) is 10.2. The summed E-state index contributed by atoms with van der Waals surface area (Å²) in [5.41, 5.74) is 0.792. The molecule has 2 fully saturated rings. The van der Waals surface area contributed by atoms with E-state index in [0.717, 1.165) is 12.0 Å². The van der Waals surface area contributed by atoms with Crippen LogP contribution in [0.25, 0.3) is 0 Å². The molecule has 0 saturated carbocycles. The van der Waals surface area contributed by atoms with Crippen LogP contribution in [-0.2, 0) is 15.1 Å². The minimum absolute atomic E-state index is 0.135. The molecule has 0 aromatic heterocycles. The SMILES string of the molecule is C[C@]1(c2ccccc2)O[C@H]2CCC(=O)N[C@H]21. The maximum absolute atomic E-state index is 11.4. The Morgan fingerprint density at radius 2 is 2.12 bits per heavy atom. The highest BCUT2D eigenvalue weighted by Crippen LogP contribution is 2.44. The molecule has 2 saturated heterocycles. The Hall–Kier alpha value is -1.35. The normalized spacial score (nSPS) is 37.2. The second kappa shape index (κ2) is 3.32. The number of hydrogen-bond donors (Lipinski definition) is 1. The van der Waals surface area contributed by atoms with Crippen LogP contribution in [0.5, 0.6) is 0 Å². The molecule has 84 valence electrons. The first-order valence-electron chi connectivity index (χ1n) is 5.73. The van der Waals surface area contributed by atoms with Crippen molar-refractivity contribution < 1.29 is 9.53 Å². The van der Waals surface area contributed by atoms with Crippen LogP contribution >= 0.6 is 0 Å². The van der Waals surface area contributed by atoms with E-state index in [2.05, 4.69) is 24.4 Å². The van der Waals surface area contributed by atoms with Gasteiger partial charge in [0, 0.05) is 6.42 Å². The Labute approximate surface area is 94.8 Å². The predicted octanol–water partition coefficient (Wildman–Crippen LogP) is 1.58. The first-order valence-corrected chi connectivity index (χ1v) is 5.73. The Morgan fingerprint density at radius 1 is 1.38 bits per heavy atom. The van der Waals surface area contributed by atoms with Gasteiger partial charge in [-0.25, -0.2) is 0 Å². The lowest BCUT2D eigenvalue weighted by molar-refractivity contribution is -0.240. The standard InChI is InChI=1S/C13H15NO2/c1-13(9-5-3-2-4-6-9)12-10(16-13)7-8-11(15)14-12/h2-6,10,12H,7-8H2,1H3,(H,14,15)/t10-,12+,13+/m0/s1. The minimum Gasteiger partial charge on any atom is -0.363 e. The lowest BCUT2D eigenvalue weighted by atomic mass is 9.76. The van der Waals surface area contributed by atoms with Crippen LogP contribution in [0.15, 0.2) is 30.3 Å². The van der Waals surface area contributed by atoms with Crippen molar-refractivity contribution in [2.24, 2.45) is 0 Å². The first-order chi connectivity index (χ1) is 7.70. The number of carbonyl (C=O) groups excluding carboxylic acids is 1. The minimum atomic E-state index is -0.345. The van der Waals surface area contributed by atoms with Gasteiger partial charge >= 0.3 is 0 Å². The molecule has 1 amide bonds. The summed E-state index contributed by atoms with van der Waals surface area (Å²) in [4.78, 5) is 11.4. The Bertz CT molecular complexity index is 417. The van der Waals surface area contributed by atoms with Crippen LogP contribution in [0, 0.1) is 0 Å². The summed E-state index contributed by atoms with van der Waals surface area (Å²) >= 11 is 0. The summed E-state index contributed by atoms with van der Waals surface area (Å²) in [5, 5.41) is 3.04. The third-order valence-corrected chi connectivity index (χ3v) is 3.68. The van der Waals surface area contributed by atoms with Gasteiger partial charge in [0.05, 0.1) is 12.1 Å². The Morgan fingerprint density at radius 3 is 2.88 bits per heavy atom. The van der Waals surface area contributed by atoms with Gasteiger partial charge in [-0.05, 0) is 18.9 Å². The zero-order valence-corrected chi connectivity index (χ0v) is 9.27. The van der Waals surface area contributed by atoms with E-state index in [0.29, 0.717) is 6.42 Å². The van der Waals surface area contributed by atoms with Crippen molar-refractivity contribution in [1.29, 1.82) is 0 Å². The molecule has 2 aliphatic rings. The molecular weight excluding hydrogens is 202 g/mol. The van der Waals surface area contributed by atoms with E-state index in [4.69, 9.17) is 4.74 Å². The number of carbonyl (C=O) groups is 1. The number of rotatable bonds is 1. The third-order valence-electron chi connectivity index (χ3n) is 3.68. The highest BCUT2D eigenvalue weighted by Gasteiger charge is 2.55. The number of amides is 1. The Balaban J connectivity index is 1.88. The first kappa shape index (κ1) is 9.85. The maximum Gasteiger partial charge on any atom is 0.220 e. The number of hydrogen-bond acceptors (Lipinski definition) is 2. The molecular formula is C13H15NO2. The molecule has 3 nitrogen and oxygen atoms in total. The zero-order chi connectivity index (χ0) is 11.2. The average molecular weight is 217 g/mol. The van der Waals surface area contributed by atoms with Crippen molar-refractivity contribution in [2.75, 3.05) is 0 Å². The lowest BCUT2D eigenvalue weighted by Crippen LogP contribution is -2.69.